The summed E-state index contributed by atoms with van der Waals surface area (Å²) < 4.78 is 10.9. The van der Waals surface area contributed by atoms with Gasteiger partial charge in [0.15, 0.2) is 0 Å². The van der Waals surface area contributed by atoms with E-state index in [1.54, 1.807) is 12.3 Å². The van der Waals surface area contributed by atoms with E-state index < -0.39 is 0 Å². The van der Waals surface area contributed by atoms with Gasteiger partial charge in [-0.1, -0.05) is 24.3 Å². The lowest BCUT2D eigenvalue weighted by Gasteiger charge is -2.12. The maximum absolute atomic E-state index is 8.71. The van der Waals surface area contributed by atoms with Gasteiger partial charge in [0.05, 0.1) is 5.69 Å². The summed E-state index contributed by atoms with van der Waals surface area (Å²) in [7, 11) is 0. The summed E-state index contributed by atoms with van der Waals surface area (Å²) in [6.07, 6.45) is 1.70. The first-order valence-electron chi connectivity index (χ1n) is 7.98. The summed E-state index contributed by atoms with van der Waals surface area (Å²) in [5.74, 6) is 1.31. The zero-order valence-electron chi connectivity index (χ0n) is 14.2. The quantitative estimate of drug-likeness (QED) is 0.630. The normalized spacial score (nSPS) is 10.1. The van der Waals surface area contributed by atoms with E-state index in [-0.39, 0.29) is 0 Å². The van der Waals surface area contributed by atoms with E-state index in [1.165, 1.54) is 0 Å². The molecule has 0 spiro atoms. The SMILES string of the molecule is Cc1cccc(-c2ccc(OCc3ccccc3OC#N)c(C)c2)n1. The molecule has 3 rings (SSSR count). The fourth-order valence-electron chi connectivity index (χ4n) is 2.60. The van der Waals surface area contributed by atoms with Crippen LogP contribution in [0.3, 0.4) is 0 Å². The molecule has 2 aromatic carbocycles. The Kier molecular flexibility index (Phi) is 4.96. The molecule has 0 amide bonds. The van der Waals surface area contributed by atoms with Gasteiger partial charge >= 0.3 is 0 Å². The zero-order chi connectivity index (χ0) is 17.6. The lowest BCUT2D eigenvalue weighted by Crippen LogP contribution is -1.99. The third kappa shape index (κ3) is 3.96. The highest BCUT2D eigenvalue weighted by atomic mass is 16.5. The first kappa shape index (κ1) is 16.5. The predicted octanol–water partition coefficient (Wildman–Crippen LogP) is 4.80. The van der Waals surface area contributed by atoms with Crippen LogP contribution in [0.1, 0.15) is 16.8 Å². The monoisotopic (exact) mass is 330 g/mol. The molecule has 0 aliphatic heterocycles. The fourth-order valence-corrected chi connectivity index (χ4v) is 2.60. The van der Waals surface area contributed by atoms with Gasteiger partial charge in [-0.2, -0.15) is 0 Å². The average Bonchev–Trinajstić information content (AvgIpc) is 2.62. The highest BCUT2D eigenvalue weighted by Crippen LogP contribution is 2.27. The number of rotatable bonds is 5. The second-order valence-electron chi connectivity index (χ2n) is 5.73. The van der Waals surface area contributed by atoms with Crippen LogP contribution in [0.15, 0.2) is 60.7 Å². The molecule has 0 saturated carbocycles. The number of hydrogen-bond donors (Lipinski definition) is 0. The Morgan fingerprint density at radius 3 is 2.56 bits per heavy atom. The number of para-hydroxylation sites is 1. The highest BCUT2D eigenvalue weighted by Gasteiger charge is 2.07. The minimum absolute atomic E-state index is 0.334. The Hall–Kier alpha value is -3.32. The lowest BCUT2D eigenvalue weighted by molar-refractivity contribution is 0.299. The molecular formula is C21H18N2O2. The maximum atomic E-state index is 8.71. The van der Waals surface area contributed by atoms with Crippen LogP contribution < -0.4 is 9.47 Å². The summed E-state index contributed by atoms with van der Waals surface area (Å²) >= 11 is 0. The van der Waals surface area contributed by atoms with Crippen LogP contribution in [0.4, 0.5) is 0 Å². The van der Waals surface area contributed by atoms with Crippen LogP contribution in [-0.4, -0.2) is 4.98 Å². The van der Waals surface area contributed by atoms with Crippen molar-refractivity contribution in [1.29, 1.82) is 5.26 Å². The van der Waals surface area contributed by atoms with Gasteiger partial charge in [-0.15, -0.1) is 5.26 Å². The van der Waals surface area contributed by atoms with Gasteiger partial charge in [0.25, 0.3) is 6.26 Å². The number of pyridine rings is 1. The minimum atomic E-state index is 0.334. The smallest absolute Gasteiger partial charge is 0.292 e. The Bertz CT molecular complexity index is 929. The van der Waals surface area contributed by atoms with Crippen molar-refractivity contribution in [2.24, 2.45) is 0 Å². The summed E-state index contributed by atoms with van der Waals surface area (Å²) in [6, 6.07) is 19.3. The largest absolute Gasteiger partial charge is 0.488 e. The first-order chi connectivity index (χ1) is 12.2. The number of aromatic nitrogens is 1. The first-order valence-corrected chi connectivity index (χ1v) is 7.98. The van der Waals surface area contributed by atoms with Crippen molar-refractivity contribution in [2.75, 3.05) is 0 Å². The van der Waals surface area contributed by atoms with E-state index in [9.17, 15) is 0 Å². The highest BCUT2D eigenvalue weighted by molar-refractivity contribution is 5.62. The maximum Gasteiger partial charge on any atom is 0.292 e. The minimum Gasteiger partial charge on any atom is -0.488 e. The fraction of sp³-hybridized carbons (Fsp3) is 0.143. The number of aryl methyl sites for hydroxylation is 2. The van der Waals surface area contributed by atoms with Crippen molar-refractivity contribution < 1.29 is 9.47 Å². The molecule has 25 heavy (non-hydrogen) atoms. The molecular weight excluding hydrogens is 312 g/mol. The van der Waals surface area contributed by atoms with Gasteiger partial charge in [-0.25, -0.2) is 0 Å². The molecule has 124 valence electrons. The van der Waals surface area contributed by atoms with E-state index in [0.29, 0.717) is 12.4 Å². The van der Waals surface area contributed by atoms with Gasteiger partial charge in [-0.05, 0) is 55.8 Å². The van der Waals surface area contributed by atoms with Crippen molar-refractivity contribution in [3.8, 4) is 29.0 Å². The van der Waals surface area contributed by atoms with Crippen LogP contribution in [0.2, 0.25) is 0 Å². The predicted molar refractivity (Wildman–Crippen MR) is 96.2 cm³/mol. The number of nitriles is 1. The van der Waals surface area contributed by atoms with E-state index in [4.69, 9.17) is 14.7 Å². The molecule has 0 radical (unpaired) electrons. The number of ether oxygens (including phenoxy) is 2. The molecule has 3 aromatic rings. The molecule has 4 heteroatoms. The summed E-state index contributed by atoms with van der Waals surface area (Å²) in [5.41, 5.74) is 4.85. The Morgan fingerprint density at radius 1 is 0.960 bits per heavy atom. The van der Waals surface area contributed by atoms with Crippen LogP contribution in [0.5, 0.6) is 11.5 Å². The molecule has 0 aliphatic rings. The van der Waals surface area contributed by atoms with Gasteiger partial charge in [0, 0.05) is 16.8 Å². The summed E-state index contributed by atoms with van der Waals surface area (Å²) in [5, 5.41) is 8.71. The second-order valence-corrected chi connectivity index (χ2v) is 5.73. The number of hydrogen-bond acceptors (Lipinski definition) is 4. The topological polar surface area (TPSA) is 55.1 Å². The standard InChI is InChI=1S/C21H18N2O2/c1-15-12-17(19-8-5-6-16(2)23-19)10-11-20(15)24-13-18-7-3-4-9-21(18)25-14-22/h3-12H,13H2,1-2H3. The van der Waals surface area contributed by atoms with Crippen molar-refractivity contribution >= 4 is 0 Å². The third-order valence-electron chi connectivity index (χ3n) is 3.87. The molecule has 0 aliphatic carbocycles. The molecule has 0 N–H and O–H groups in total. The van der Waals surface area contributed by atoms with Gasteiger partial charge in [0.2, 0.25) is 0 Å². The number of benzene rings is 2. The molecule has 1 heterocycles. The molecule has 1 aromatic heterocycles. The zero-order valence-corrected chi connectivity index (χ0v) is 14.2. The van der Waals surface area contributed by atoms with Crippen molar-refractivity contribution in [2.45, 2.75) is 20.5 Å². The Balaban J connectivity index is 1.77. The average molecular weight is 330 g/mol. The van der Waals surface area contributed by atoms with E-state index in [0.717, 1.165) is 33.8 Å². The van der Waals surface area contributed by atoms with Gasteiger partial charge in [-0.3, -0.25) is 4.98 Å². The molecule has 0 atom stereocenters. The Morgan fingerprint density at radius 2 is 1.80 bits per heavy atom. The third-order valence-corrected chi connectivity index (χ3v) is 3.87. The van der Waals surface area contributed by atoms with E-state index >= 15 is 0 Å². The van der Waals surface area contributed by atoms with Crippen LogP contribution in [0.25, 0.3) is 11.3 Å². The van der Waals surface area contributed by atoms with Crippen LogP contribution >= 0.6 is 0 Å². The summed E-state index contributed by atoms with van der Waals surface area (Å²) in [6.45, 7) is 4.32. The summed E-state index contributed by atoms with van der Waals surface area (Å²) in [4.78, 5) is 4.55. The van der Waals surface area contributed by atoms with Crippen molar-refractivity contribution in [3.05, 3.63) is 77.5 Å². The Labute approximate surface area is 147 Å². The van der Waals surface area contributed by atoms with Crippen LogP contribution in [-0.2, 0) is 6.61 Å². The molecule has 0 bridgehead atoms. The second kappa shape index (κ2) is 7.50. The molecule has 0 fully saturated rings. The van der Waals surface area contributed by atoms with E-state index in [2.05, 4.69) is 11.1 Å². The van der Waals surface area contributed by atoms with Crippen LogP contribution in [0, 0.1) is 25.4 Å². The molecule has 4 nitrogen and oxygen atoms in total. The van der Waals surface area contributed by atoms with Crippen molar-refractivity contribution in [1.82, 2.24) is 4.98 Å². The van der Waals surface area contributed by atoms with Gasteiger partial charge < -0.3 is 9.47 Å². The molecule has 0 saturated heterocycles. The lowest BCUT2D eigenvalue weighted by atomic mass is 10.1. The van der Waals surface area contributed by atoms with Crippen molar-refractivity contribution in [3.63, 3.8) is 0 Å². The van der Waals surface area contributed by atoms with E-state index in [1.807, 2.05) is 62.4 Å². The molecule has 0 unspecified atom stereocenters. The number of nitrogens with zero attached hydrogens (tertiary/aromatic N) is 2. The van der Waals surface area contributed by atoms with Gasteiger partial charge in [0.1, 0.15) is 18.1 Å².